The van der Waals surface area contributed by atoms with E-state index < -0.39 is 0 Å². The van der Waals surface area contributed by atoms with Gasteiger partial charge in [-0.3, -0.25) is 4.79 Å². The summed E-state index contributed by atoms with van der Waals surface area (Å²) in [5.74, 6) is 0.0198. The highest BCUT2D eigenvalue weighted by molar-refractivity contribution is 6.06. The van der Waals surface area contributed by atoms with E-state index in [-0.39, 0.29) is 11.9 Å². The number of unbranched alkanes of at least 4 members (excludes halogenated alkanes) is 1. The van der Waals surface area contributed by atoms with E-state index in [4.69, 9.17) is 4.98 Å². The molecule has 0 atom stereocenters. The number of amides is 1. The van der Waals surface area contributed by atoms with Crippen molar-refractivity contribution < 1.29 is 4.79 Å². The molecule has 2 aromatic heterocycles. The quantitative estimate of drug-likeness (QED) is 0.655. The number of benzene rings is 1. The van der Waals surface area contributed by atoms with E-state index in [0.717, 1.165) is 41.7 Å². The maximum Gasteiger partial charge on any atom is 0.254 e. The molecule has 1 aromatic carbocycles. The van der Waals surface area contributed by atoms with E-state index in [1.807, 2.05) is 48.1 Å². The normalized spacial score (nSPS) is 11.3. The molecule has 1 amide bonds. The van der Waals surface area contributed by atoms with Crippen LogP contribution in [0.4, 0.5) is 0 Å². The zero-order chi connectivity index (χ0) is 18.7. The summed E-state index contributed by atoms with van der Waals surface area (Å²) in [5.41, 5.74) is 3.22. The van der Waals surface area contributed by atoms with Crippen LogP contribution in [-0.2, 0) is 0 Å². The summed E-state index contributed by atoms with van der Waals surface area (Å²) in [5, 5.41) is 5.29. The summed E-state index contributed by atoms with van der Waals surface area (Å²) in [6.45, 7) is 7.01. The molecule has 3 rings (SSSR count). The Morgan fingerprint density at radius 2 is 1.96 bits per heavy atom. The van der Waals surface area contributed by atoms with Gasteiger partial charge in [-0.2, -0.15) is 5.10 Å². The van der Waals surface area contributed by atoms with Gasteiger partial charge in [-0.15, -0.1) is 0 Å². The molecule has 0 fully saturated rings. The van der Waals surface area contributed by atoms with Crippen molar-refractivity contribution in [2.45, 2.75) is 39.7 Å². The second kappa shape index (κ2) is 7.68. The zero-order valence-electron chi connectivity index (χ0n) is 15.9. The summed E-state index contributed by atoms with van der Waals surface area (Å²) < 4.78 is 1.88. The van der Waals surface area contributed by atoms with E-state index >= 15 is 0 Å². The van der Waals surface area contributed by atoms with E-state index in [2.05, 4.69) is 25.9 Å². The Labute approximate surface area is 154 Å². The first-order valence-electron chi connectivity index (χ1n) is 9.22. The zero-order valence-corrected chi connectivity index (χ0v) is 15.9. The highest BCUT2D eigenvalue weighted by atomic mass is 16.2. The predicted molar refractivity (Wildman–Crippen MR) is 105 cm³/mol. The summed E-state index contributed by atoms with van der Waals surface area (Å²) in [6, 6.07) is 12.0. The van der Waals surface area contributed by atoms with Crippen molar-refractivity contribution >= 4 is 16.9 Å². The maximum atomic E-state index is 13.1. The molecule has 2 heterocycles. The van der Waals surface area contributed by atoms with Crippen molar-refractivity contribution in [2.75, 3.05) is 13.6 Å². The summed E-state index contributed by atoms with van der Waals surface area (Å²) in [7, 11) is 1.86. The van der Waals surface area contributed by atoms with Crippen molar-refractivity contribution in [1.29, 1.82) is 0 Å². The second-order valence-electron chi connectivity index (χ2n) is 6.92. The first-order valence-corrected chi connectivity index (χ1v) is 9.22. The highest BCUT2D eigenvalue weighted by Gasteiger charge is 2.20. The molecule has 3 aromatic rings. The Bertz CT molecular complexity index is 899. The van der Waals surface area contributed by atoms with Gasteiger partial charge < -0.3 is 4.90 Å². The highest BCUT2D eigenvalue weighted by Crippen LogP contribution is 2.27. The largest absolute Gasteiger partial charge is 0.342 e. The lowest BCUT2D eigenvalue weighted by atomic mass is 10.1. The van der Waals surface area contributed by atoms with Gasteiger partial charge in [0.25, 0.3) is 5.91 Å². The van der Waals surface area contributed by atoms with Crippen LogP contribution in [0.25, 0.3) is 22.3 Å². The van der Waals surface area contributed by atoms with Gasteiger partial charge >= 0.3 is 0 Å². The van der Waals surface area contributed by atoms with Crippen LogP contribution in [0, 0.1) is 0 Å². The van der Waals surface area contributed by atoms with Crippen LogP contribution >= 0.6 is 0 Å². The number of aromatic nitrogens is 3. The molecular formula is C21H26N4O. The van der Waals surface area contributed by atoms with Crippen LogP contribution in [-0.4, -0.2) is 39.2 Å². The van der Waals surface area contributed by atoms with Crippen LogP contribution in [0.2, 0.25) is 0 Å². The lowest BCUT2D eigenvalue weighted by molar-refractivity contribution is 0.0795. The monoisotopic (exact) mass is 350 g/mol. The molecule has 26 heavy (non-hydrogen) atoms. The standard InChI is InChI=1S/C21H26N4O/c1-5-6-12-24(4)21(26)17-13-19(16-10-8-7-9-11-16)23-20-18(17)14-22-25(20)15(2)3/h7-11,13-15H,5-6,12H2,1-4H3. The SMILES string of the molecule is CCCCN(C)C(=O)c1cc(-c2ccccc2)nc2c1cnn2C(C)C. The minimum absolute atomic E-state index is 0.0198. The van der Waals surface area contributed by atoms with Crippen molar-refractivity contribution in [3.05, 3.63) is 48.2 Å². The molecule has 136 valence electrons. The second-order valence-corrected chi connectivity index (χ2v) is 6.92. The molecule has 5 nitrogen and oxygen atoms in total. The summed E-state index contributed by atoms with van der Waals surface area (Å²) >= 11 is 0. The molecule has 0 saturated heterocycles. The van der Waals surface area contributed by atoms with Gasteiger partial charge in [-0.05, 0) is 26.3 Å². The number of pyridine rings is 1. The van der Waals surface area contributed by atoms with Crippen LogP contribution in [0.1, 0.15) is 50.0 Å². The van der Waals surface area contributed by atoms with Crippen molar-refractivity contribution in [3.8, 4) is 11.3 Å². The van der Waals surface area contributed by atoms with Gasteiger partial charge in [0, 0.05) is 25.2 Å². The Morgan fingerprint density at radius 1 is 1.23 bits per heavy atom. The lowest BCUT2D eigenvalue weighted by Gasteiger charge is -2.18. The molecule has 0 saturated carbocycles. The molecule has 0 aliphatic heterocycles. The Balaban J connectivity index is 2.16. The molecule has 0 unspecified atom stereocenters. The van der Waals surface area contributed by atoms with Gasteiger partial charge in [0.05, 0.1) is 22.8 Å². The van der Waals surface area contributed by atoms with Crippen molar-refractivity contribution in [2.24, 2.45) is 0 Å². The molecule has 0 aliphatic rings. The minimum Gasteiger partial charge on any atom is -0.342 e. The van der Waals surface area contributed by atoms with Crippen molar-refractivity contribution in [1.82, 2.24) is 19.7 Å². The van der Waals surface area contributed by atoms with Gasteiger partial charge in [0.1, 0.15) is 0 Å². The fraction of sp³-hybridized carbons (Fsp3) is 0.381. The third-order valence-corrected chi connectivity index (χ3v) is 4.55. The lowest BCUT2D eigenvalue weighted by Crippen LogP contribution is -2.28. The average molecular weight is 350 g/mol. The third kappa shape index (κ3) is 3.47. The molecule has 0 aliphatic carbocycles. The number of rotatable bonds is 6. The number of carbonyl (C=O) groups excluding carboxylic acids is 1. The molecular weight excluding hydrogens is 324 g/mol. The topological polar surface area (TPSA) is 51.0 Å². The first-order chi connectivity index (χ1) is 12.5. The molecule has 0 bridgehead atoms. The first kappa shape index (κ1) is 18.1. The van der Waals surface area contributed by atoms with E-state index in [9.17, 15) is 4.79 Å². The Kier molecular flexibility index (Phi) is 5.35. The number of fused-ring (bicyclic) bond motifs is 1. The summed E-state index contributed by atoms with van der Waals surface area (Å²) in [6.07, 6.45) is 3.81. The van der Waals surface area contributed by atoms with Crippen LogP contribution in [0.5, 0.6) is 0 Å². The van der Waals surface area contributed by atoms with Crippen LogP contribution in [0.15, 0.2) is 42.6 Å². The van der Waals surface area contributed by atoms with Crippen molar-refractivity contribution in [3.63, 3.8) is 0 Å². The molecule has 5 heteroatoms. The van der Waals surface area contributed by atoms with Gasteiger partial charge in [0.15, 0.2) is 5.65 Å². The molecule has 0 spiro atoms. The average Bonchev–Trinajstić information content (AvgIpc) is 3.09. The van der Waals surface area contributed by atoms with Gasteiger partial charge in [-0.1, -0.05) is 43.7 Å². The summed E-state index contributed by atoms with van der Waals surface area (Å²) in [4.78, 5) is 19.7. The molecule has 0 radical (unpaired) electrons. The van der Waals surface area contributed by atoms with E-state index in [1.165, 1.54) is 0 Å². The number of hydrogen-bond donors (Lipinski definition) is 0. The van der Waals surface area contributed by atoms with Crippen LogP contribution < -0.4 is 0 Å². The minimum atomic E-state index is 0.0198. The smallest absolute Gasteiger partial charge is 0.254 e. The van der Waals surface area contributed by atoms with E-state index in [0.29, 0.717) is 5.56 Å². The third-order valence-electron chi connectivity index (χ3n) is 4.55. The Hall–Kier alpha value is -2.69. The predicted octanol–water partition coefficient (Wildman–Crippen LogP) is 4.55. The van der Waals surface area contributed by atoms with Gasteiger partial charge in [0.2, 0.25) is 0 Å². The van der Waals surface area contributed by atoms with Crippen LogP contribution in [0.3, 0.4) is 0 Å². The maximum absolute atomic E-state index is 13.1. The number of carbonyl (C=O) groups is 1. The van der Waals surface area contributed by atoms with Gasteiger partial charge in [-0.25, -0.2) is 9.67 Å². The Morgan fingerprint density at radius 3 is 2.62 bits per heavy atom. The fourth-order valence-corrected chi connectivity index (χ4v) is 3.03. The van der Waals surface area contributed by atoms with E-state index in [1.54, 1.807) is 11.1 Å². The number of hydrogen-bond acceptors (Lipinski definition) is 3. The fourth-order valence-electron chi connectivity index (χ4n) is 3.03. The molecule has 0 N–H and O–H groups in total. The number of nitrogens with zero attached hydrogens (tertiary/aromatic N) is 4.